The van der Waals surface area contributed by atoms with Crippen LogP contribution in [0.25, 0.3) is 0 Å². The second-order valence-electron chi connectivity index (χ2n) is 2.85. The van der Waals surface area contributed by atoms with Crippen molar-refractivity contribution in [3.8, 4) is 0 Å². The Kier molecular flexibility index (Phi) is 3.85. The maximum atomic E-state index is 10.4. The van der Waals surface area contributed by atoms with E-state index in [1.54, 1.807) is 12.1 Å². The van der Waals surface area contributed by atoms with Crippen molar-refractivity contribution in [2.24, 2.45) is 0 Å². The van der Waals surface area contributed by atoms with Crippen LogP contribution in [0.15, 0.2) is 24.3 Å². The zero-order valence-electron chi connectivity index (χ0n) is 7.39. The molecule has 1 rings (SSSR count). The van der Waals surface area contributed by atoms with Crippen LogP contribution in [-0.4, -0.2) is 15.9 Å². The van der Waals surface area contributed by atoms with Crippen LogP contribution in [0.5, 0.6) is 0 Å². The van der Waals surface area contributed by atoms with Crippen LogP contribution in [-0.2, 0) is 0 Å². The van der Waals surface area contributed by atoms with Gasteiger partial charge in [0.15, 0.2) is 0 Å². The third kappa shape index (κ3) is 2.68. The van der Waals surface area contributed by atoms with Crippen LogP contribution < -0.4 is 0 Å². The highest BCUT2D eigenvalue weighted by Crippen LogP contribution is 2.21. The first-order chi connectivity index (χ1) is 6.65. The number of halogens is 1. The molecule has 76 valence electrons. The molecular formula is C9H10ClNO3. The van der Waals surface area contributed by atoms with Gasteiger partial charge in [0.2, 0.25) is 0 Å². The summed E-state index contributed by atoms with van der Waals surface area (Å²) in [7, 11) is 0. The Hall–Kier alpha value is -1.13. The fourth-order valence-electron chi connectivity index (χ4n) is 1.12. The summed E-state index contributed by atoms with van der Waals surface area (Å²) in [5, 5.41) is 20.0. The topological polar surface area (TPSA) is 63.4 Å². The lowest BCUT2D eigenvalue weighted by molar-refractivity contribution is -0.385. The van der Waals surface area contributed by atoms with E-state index >= 15 is 0 Å². The van der Waals surface area contributed by atoms with E-state index < -0.39 is 11.0 Å². The molecule has 4 nitrogen and oxygen atoms in total. The molecule has 5 heteroatoms. The zero-order chi connectivity index (χ0) is 10.6. The van der Waals surface area contributed by atoms with Crippen LogP contribution >= 0.6 is 11.6 Å². The van der Waals surface area contributed by atoms with Gasteiger partial charge in [0, 0.05) is 18.0 Å². The van der Waals surface area contributed by atoms with Crippen molar-refractivity contribution in [2.75, 3.05) is 5.88 Å². The van der Waals surface area contributed by atoms with Gasteiger partial charge >= 0.3 is 0 Å². The van der Waals surface area contributed by atoms with Crippen LogP contribution in [0.3, 0.4) is 0 Å². The molecule has 0 fully saturated rings. The van der Waals surface area contributed by atoms with E-state index in [2.05, 4.69) is 0 Å². The third-order valence-electron chi connectivity index (χ3n) is 1.85. The highest BCUT2D eigenvalue weighted by Gasteiger charge is 2.11. The zero-order valence-corrected chi connectivity index (χ0v) is 8.15. The molecule has 14 heavy (non-hydrogen) atoms. The Labute approximate surface area is 86.3 Å². The number of nitro benzene ring substituents is 1. The van der Waals surface area contributed by atoms with E-state index in [1.165, 1.54) is 12.1 Å². The van der Waals surface area contributed by atoms with Gasteiger partial charge < -0.3 is 5.11 Å². The standard InChI is InChI=1S/C9H10ClNO3/c10-5-4-9(12)7-2-1-3-8(6-7)11(13)14/h1-3,6,9,12H,4-5H2. The minimum atomic E-state index is -0.729. The summed E-state index contributed by atoms with van der Waals surface area (Å²) in [5.41, 5.74) is 0.510. The summed E-state index contributed by atoms with van der Waals surface area (Å²) in [6.07, 6.45) is -0.338. The number of aliphatic hydroxyl groups excluding tert-OH is 1. The van der Waals surface area contributed by atoms with Gasteiger partial charge in [-0.1, -0.05) is 12.1 Å². The molecular weight excluding hydrogens is 206 g/mol. The number of alkyl halides is 1. The van der Waals surface area contributed by atoms with Crippen molar-refractivity contribution in [2.45, 2.75) is 12.5 Å². The minimum Gasteiger partial charge on any atom is -0.388 e. The molecule has 1 atom stereocenters. The first kappa shape index (κ1) is 10.9. The first-order valence-electron chi connectivity index (χ1n) is 4.13. The average Bonchev–Trinajstić information content (AvgIpc) is 2.18. The Morgan fingerprint density at radius 1 is 1.57 bits per heavy atom. The molecule has 0 aliphatic heterocycles. The third-order valence-corrected chi connectivity index (χ3v) is 2.07. The van der Waals surface area contributed by atoms with E-state index in [0.717, 1.165) is 0 Å². The van der Waals surface area contributed by atoms with Crippen LogP contribution in [0, 0.1) is 10.1 Å². The van der Waals surface area contributed by atoms with Gasteiger partial charge in [0.05, 0.1) is 11.0 Å². The summed E-state index contributed by atoms with van der Waals surface area (Å²) >= 11 is 5.45. The fraction of sp³-hybridized carbons (Fsp3) is 0.333. The van der Waals surface area contributed by atoms with Crippen LogP contribution in [0.1, 0.15) is 18.1 Å². The first-order valence-corrected chi connectivity index (χ1v) is 4.67. The molecule has 0 spiro atoms. The van der Waals surface area contributed by atoms with Crippen LogP contribution in [0.4, 0.5) is 5.69 Å². The number of nitrogens with zero attached hydrogens (tertiary/aromatic N) is 1. The summed E-state index contributed by atoms with van der Waals surface area (Å²) < 4.78 is 0. The lowest BCUT2D eigenvalue weighted by atomic mass is 10.1. The highest BCUT2D eigenvalue weighted by molar-refractivity contribution is 6.17. The van der Waals surface area contributed by atoms with E-state index in [1.807, 2.05) is 0 Å². The van der Waals surface area contributed by atoms with Crippen LogP contribution in [0.2, 0.25) is 0 Å². The molecule has 1 aromatic carbocycles. The molecule has 1 N–H and O–H groups in total. The fourth-order valence-corrected chi connectivity index (χ4v) is 1.32. The second kappa shape index (κ2) is 4.93. The van der Waals surface area contributed by atoms with E-state index in [-0.39, 0.29) is 5.69 Å². The Morgan fingerprint density at radius 3 is 2.86 bits per heavy atom. The van der Waals surface area contributed by atoms with Crippen molar-refractivity contribution in [1.29, 1.82) is 0 Å². The molecule has 0 bridgehead atoms. The molecule has 0 aliphatic carbocycles. The number of aliphatic hydroxyl groups is 1. The molecule has 0 aromatic heterocycles. The quantitative estimate of drug-likeness (QED) is 0.476. The SMILES string of the molecule is O=[N+]([O-])c1cccc(C(O)CCCl)c1. The second-order valence-corrected chi connectivity index (χ2v) is 3.22. The van der Waals surface area contributed by atoms with Crippen molar-refractivity contribution in [1.82, 2.24) is 0 Å². The van der Waals surface area contributed by atoms with Gasteiger partial charge in [-0.05, 0) is 12.0 Å². The normalized spacial score (nSPS) is 12.4. The molecule has 0 saturated carbocycles. The van der Waals surface area contributed by atoms with E-state index in [0.29, 0.717) is 17.9 Å². The largest absolute Gasteiger partial charge is 0.388 e. The van der Waals surface area contributed by atoms with Crippen molar-refractivity contribution < 1.29 is 10.0 Å². The van der Waals surface area contributed by atoms with E-state index in [9.17, 15) is 15.2 Å². The molecule has 0 heterocycles. The number of nitro groups is 1. The van der Waals surface area contributed by atoms with Gasteiger partial charge in [-0.2, -0.15) is 0 Å². The number of rotatable bonds is 4. The lowest BCUT2D eigenvalue weighted by Crippen LogP contribution is -1.99. The van der Waals surface area contributed by atoms with Gasteiger partial charge in [-0.3, -0.25) is 10.1 Å². The molecule has 0 radical (unpaired) electrons. The minimum absolute atomic E-state index is 0.0175. The number of non-ortho nitro benzene ring substituents is 1. The molecule has 0 saturated heterocycles. The molecule has 0 aliphatic rings. The predicted molar refractivity (Wildman–Crippen MR) is 53.4 cm³/mol. The highest BCUT2D eigenvalue weighted by atomic mass is 35.5. The van der Waals surface area contributed by atoms with E-state index in [4.69, 9.17) is 11.6 Å². The van der Waals surface area contributed by atoms with Crippen molar-refractivity contribution in [3.05, 3.63) is 39.9 Å². The molecule has 1 aromatic rings. The van der Waals surface area contributed by atoms with Crippen molar-refractivity contribution in [3.63, 3.8) is 0 Å². The lowest BCUT2D eigenvalue weighted by Gasteiger charge is -2.07. The molecule has 1 unspecified atom stereocenters. The van der Waals surface area contributed by atoms with Gasteiger partial charge in [-0.15, -0.1) is 11.6 Å². The Balaban J connectivity index is 2.87. The number of hydrogen-bond acceptors (Lipinski definition) is 3. The summed E-state index contributed by atoms with van der Waals surface area (Å²) in [4.78, 5) is 9.94. The van der Waals surface area contributed by atoms with Gasteiger partial charge in [0.1, 0.15) is 0 Å². The maximum Gasteiger partial charge on any atom is 0.269 e. The monoisotopic (exact) mass is 215 g/mol. The smallest absolute Gasteiger partial charge is 0.269 e. The van der Waals surface area contributed by atoms with Crippen molar-refractivity contribution >= 4 is 17.3 Å². The summed E-state index contributed by atoms with van der Waals surface area (Å²) in [5.74, 6) is 0.323. The maximum absolute atomic E-state index is 10.4. The summed E-state index contributed by atoms with van der Waals surface area (Å²) in [6.45, 7) is 0. The summed E-state index contributed by atoms with van der Waals surface area (Å²) in [6, 6.07) is 5.93. The number of hydrogen-bond donors (Lipinski definition) is 1. The Morgan fingerprint density at radius 2 is 2.29 bits per heavy atom. The predicted octanol–water partition coefficient (Wildman–Crippen LogP) is 2.26. The average molecular weight is 216 g/mol. The Bertz CT molecular complexity index is 330. The van der Waals surface area contributed by atoms with Gasteiger partial charge in [0.25, 0.3) is 5.69 Å². The van der Waals surface area contributed by atoms with Gasteiger partial charge in [-0.25, -0.2) is 0 Å². The molecule has 0 amide bonds. The number of benzene rings is 1.